The predicted octanol–water partition coefficient (Wildman–Crippen LogP) is 4.38. The Balaban J connectivity index is 1.65. The second-order valence-electron chi connectivity index (χ2n) is 8.21. The maximum Gasteiger partial charge on any atom is 0.252 e. The topological polar surface area (TPSA) is 68.9 Å². The Morgan fingerprint density at radius 1 is 1.06 bits per heavy atom. The maximum atomic E-state index is 13.1. The van der Waals surface area contributed by atoms with Gasteiger partial charge in [0.2, 0.25) is 5.91 Å². The van der Waals surface area contributed by atoms with Crippen LogP contribution in [0.25, 0.3) is 16.7 Å². The van der Waals surface area contributed by atoms with Crippen molar-refractivity contribution in [2.75, 3.05) is 6.54 Å². The van der Waals surface area contributed by atoms with Crippen molar-refractivity contribution in [3.8, 4) is 5.69 Å². The van der Waals surface area contributed by atoms with E-state index in [1.165, 1.54) is 4.57 Å². The van der Waals surface area contributed by atoms with Gasteiger partial charge in [0, 0.05) is 23.0 Å². The van der Waals surface area contributed by atoms with Crippen LogP contribution in [0.15, 0.2) is 59.4 Å². The van der Waals surface area contributed by atoms with Gasteiger partial charge in [0.05, 0.1) is 11.4 Å². The molecule has 0 saturated carbocycles. The standard InChI is InChI=1S/C26H27ClN4O2/c1-4-20-15-24(33)30(16-23(32)28-14-13-19-7-9-21(27)10-8-19)26-25(20)18(3)29-31(26)22-11-5-17(2)6-12-22/h5-12,15H,4,13-14,16H2,1-3H3,(H,28,32). The van der Waals surface area contributed by atoms with Gasteiger partial charge in [-0.2, -0.15) is 5.10 Å². The van der Waals surface area contributed by atoms with Crippen molar-refractivity contribution in [2.24, 2.45) is 0 Å². The molecule has 6 nitrogen and oxygen atoms in total. The Hall–Kier alpha value is -3.38. The number of hydrogen-bond acceptors (Lipinski definition) is 3. The molecule has 0 atom stereocenters. The van der Waals surface area contributed by atoms with E-state index in [1.807, 2.05) is 69.3 Å². The lowest BCUT2D eigenvalue weighted by atomic mass is 10.1. The summed E-state index contributed by atoms with van der Waals surface area (Å²) in [5.74, 6) is -0.217. The van der Waals surface area contributed by atoms with Crippen LogP contribution in [-0.4, -0.2) is 26.8 Å². The molecular formula is C26H27ClN4O2. The van der Waals surface area contributed by atoms with Gasteiger partial charge in [-0.25, -0.2) is 4.68 Å². The van der Waals surface area contributed by atoms with Crippen LogP contribution in [0.3, 0.4) is 0 Å². The third kappa shape index (κ3) is 4.86. The Morgan fingerprint density at radius 3 is 2.42 bits per heavy atom. The molecule has 0 radical (unpaired) electrons. The normalized spacial score (nSPS) is 11.2. The van der Waals surface area contributed by atoms with Gasteiger partial charge in [-0.05, 0) is 62.1 Å². The molecule has 1 N–H and O–H groups in total. The van der Waals surface area contributed by atoms with E-state index in [1.54, 1.807) is 10.7 Å². The summed E-state index contributed by atoms with van der Waals surface area (Å²) in [5.41, 5.74) is 5.28. The first kappa shape index (κ1) is 22.8. The molecule has 0 spiro atoms. The van der Waals surface area contributed by atoms with Crippen molar-refractivity contribution in [1.29, 1.82) is 0 Å². The number of hydrogen-bond donors (Lipinski definition) is 1. The van der Waals surface area contributed by atoms with E-state index in [0.717, 1.165) is 33.5 Å². The predicted molar refractivity (Wildman–Crippen MR) is 132 cm³/mol. The van der Waals surface area contributed by atoms with E-state index in [0.29, 0.717) is 30.1 Å². The summed E-state index contributed by atoms with van der Waals surface area (Å²) in [5, 5.41) is 9.26. The minimum Gasteiger partial charge on any atom is -0.354 e. The second-order valence-corrected chi connectivity index (χ2v) is 8.64. The monoisotopic (exact) mass is 462 g/mol. The van der Waals surface area contributed by atoms with E-state index < -0.39 is 0 Å². The highest BCUT2D eigenvalue weighted by molar-refractivity contribution is 6.30. The van der Waals surface area contributed by atoms with E-state index in [2.05, 4.69) is 5.32 Å². The Kier molecular flexibility index (Phi) is 6.65. The quantitative estimate of drug-likeness (QED) is 0.443. The highest BCUT2D eigenvalue weighted by Gasteiger charge is 2.19. The number of nitrogens with one attached hydrogen (secondary N) is 1. The molecule has 0 saturated heterocycles. The first-order valence-electron chi connectivity index (χ1n) is 11.1. The highest BCUT2D eigenvalue weighted by Crippen LogP contribution is 2.25. The van der Waals surface area contributed by atoms with Crippen molar-refractivity contribution >= 4 is 28.5 Å². The zero-order valence-electron chi connectivity index (χ0n) is 19.1. The largest absolute Gasteiger partial charge is 0.354 e. The van der Waals surface area contributed by atoms with Gasteiger partial charge in [0.1, 0.15) is 12.2 Å². The number of aromatic nitrogens is 3. The van der Waals surface area contributed by atoms with Gasteiger partial charge < -0.3 is 5.32 Å². The number of pyridine rings is 1. The van der Waals surface area contributed by atoms with E-state index >= 15 is 0 Å². The lowest BCUT2D eigenvalue weighted by Crippen LogP contribution is -2.34. The Morgan fingerprint density at radius 2 is 1.76 bits per heavy atom. The number of carbonyl (C=O) groups excluding carboxylic acids is 1. The van der Waals surface area contributed by atoms with Crippen molar-refractivity contribution < 1.29 is 4.79 Å². The molecule has 2 aromatic heterocycles. The number of aryl methyl sites for hydroxylation is 3. The molecule has 1 amide bonds. The summed E-state index contributed by atoms with van der Waals surface area (Å²) in [7, 11) is 0. The summed E-state index contributed by atoms with van der Waals surface area (Å²) >= 11 is 5.93. The summed E-state index contributed by atoms with van der Waals surface area (Å²) in [6.07, 6.45) is 1.39. The molecule has 7 heteroatoms. The molecule has 4 rings (SSSR count). The van der Waals surface area contributed by atoms with Crippen LogP contribution >= 0.6 is 11.6 Å². The summed E-state index contributed by atoms with van der Waals surface area (Å²) < 4.78 is 3.29. The molecule has 33 heavy (non-hydrogen) atoms. The van der Waals surface area contributed by atoms with Crippen LogP contribution in [0, 0.1) is 13.8 Å². The number of rotatable bonds is 7. The van der Waals surface area contributed by atoms with E-state index in [9.17, 15) is 9.59 Å². The van der Waals surface area contributed by atoms with E-state index in [4.69, 9.17) is 16.7 Å². The SMILES string of the molecule is CCc1cc(=O)n(CC(=O)NCCc2ccc(Cl)cc2)c2c1c(C)nn2-c1ccc(C)cc1. The van der Waals surface area contributed by atoms with Gasteiger partial charge in [-0.1, -0.05) is 48.4 Å². The molecule has 4 aromatic rings. The number of halogens is 1. The Labute approximate surface area is 197 Å². The number of benzene rings is 2. The zero-order chi connectivity index (χ0) is 23.5. The third-order valence-electron chi connectivity index (χ3n) is 5.79. The molecule has 0 bridgehead atoms. The Bertz CT molecular complexity index is 1350. The molecule has 2 aromatic carbocycles. The lowest BCUT2D eigenvalue weighted by Gasteiger charge is -2.13. The summed E-state index contributed by atoms with van der Waals surface area (Å²) in [6.45, 7) is 6.38. The minimum atomic E-state index is -0.217. The van der Waals surface area contributed by atoms with Gasteiger partial charge in [0.15, 0.2) is 0 Å². The average Bonchev–Trinajstić information content (AvgIpc) is 3.14. The average molecular weight is 463 g/mol. The summed E-state index contributed by atoms with van der Waals surface area (Å²) in [6, 6.07) is 17.1. The van der Waals surface area contributed by atoms with Crippen LogP contribution in [0.2, 0.25) is 5.02 Å². The first-order valence-corrected chi connectivity index (χ1v) is 11.5. The van der Waals surface area contributed by atoms with Crippen molar-refractivity contribution in [1.82, 2.24) is 19.7 Å². The molecular weight excluding hydrogens is 436 g/mol. The number of nitrogens with zero attached hydrogens (tertiary/aromatic N) is 3. The molecule has 0 aliphatic carbocycles. The third-order valence-corrected chi connectivity index (χ3v) is 6.04. The van der Waals surface area contributed by atoms with Crippen molar-refractivity contribution in [3.63, 3.8) is 0 Å². The van der Waals surface area contributed by atoms with E-state index in [-0.39, 0.29) is 18.0 Å². The first-order chi connectivity index (χ1) is 15.9. The molecule has 0 aliphatic rings. The van der Waals surface area contributed by atoms with Crippen LogP contribution < -0.4 is 10.9 Å². The number of amides is 1. The van der Waals surface area contributed by atoms with Gasteiger partial charge >= 0.3 is 0 Å². The fourth-order valence-electron chi connectivity index (χ4n) is 4.04. The van der Waals surface area contributed by atoms with Crippen LogP contribution in [0.1, 0.15) is 29.3 Å². The van der Waals surface area contributed by atoms with Crippen molar-refractivity contribution in [2.45, 2.75) is 40.2 Å². The molecule has 2 heterocycles. The van der Waals surface area contributed by atoms with Gasteiger partial charge in [-0.15, -0.1) is 0 Å². The minimum absolute atomic E-state index is 0.0725. The molecule has 0 aliphatic heterocycles. The number of fused-ring (bicyclic) bond motifs is 1. The van der Waals surface area contributed by atoms with Crippen LogP contribution in [0.5, 0.6) is 0 Å². The summed E-state index contributed by atoms with van der Waals surface area (Å²) in [4.78, 5) is 25.8. The molecule has 170 valence electrons. The van der Waals surface area contributed by atoms with Gasteiger partial charge in [0.25, 0.3) is 5.56 Å². The van der Waals surface area contributed by atoms with Crippen molar-refractivity contribution in [3.05, 3.63) is 92.4 Å². The maximum absolute atomic E-state index is 13.1. The van der Waals surface area contributed by atoms with Gasteiger partial charge in [-0.3, -0.25) is 14.2 Å². The zero-order valence-corrected chi connectivity index (χ0v) is 19.8. The highest BCUT2D eigenvalue weighted by atomic mass is 35.5. The van der Waals surface area contributed by atoms with Crippen LogP contribution in [0.4, 0.5) is 0 Å². The molecule has 0 unspecified atom stereocenters. The number of carbonyl (C=O) groups is 1. The fourth-order valence-corrected chi connectivity index (χ4v) is 4.16. The van der Waals surface area contributed by atoms with Crippen LogP contribution in [-0.2, 0) is 24.2 Å². The second kappa shape index (κ2) is 9.63. The lowest BCUT2D eigenvalue weighted by molar-refractivity contribution is -0.121. The fraction of sp³-hybridized carbons (Fsp3) is 0.269. The smallest absolute Gasteiger partial charge is 0.252 e. The molecule has 0 fully saturated rings.